The first-order chi connectivity index (χ1) is 14.6. The van der Waals surface area contributed by atoms with Gasteiger partial charge >= 0.3 is 0 Å². The van der Waals surface area contributed by atoms with Gasteiger partial charge in [-0.1, -0.05) is 40.2 Å². The Morgan fingerprint density at radius 3 is 2.63 bits per heavy atom. The lowest BCUT2D eigenvalue weighted by atomic mass is 9.75. The Balaban J connectivity index is 1.53. The van der Waals surface area contributed by atoms with Gasteiger partial charge < -0.3 is 14.8 Å². The molecule has 3 aromatic rings. The molecule has 6 rings (SSSR count). The predicted molar refractivity (Wildman–Crippen MR) is 115 cm³/mol. The number of anilines is 1. The summed E-state index contributed by atoms with van der Waals surface area (Å²) >= 11 is 3.72. The van der Waals surface area contributed by atoms with E-state index in [0.29, 0.717) is 0 Å². The van der Waals surface area contributed by atoms with Crippen LogP contribution in [0.25, 0.3) is 0 Å². The zero-order chi connectivity index (χ0) is 20.4. The van der Waals surface area contributed by atoms with E-state index in [9.17, 15) is 10.1 Å². The third kappa shape index (κ3) is 2.55. The summed E-state index contributed by atoms with van der Waals surface area (Å²) in [5, 5.41) is 15.1. The number of hydrogen-bond acceptors (Lipinski definition) is 5. The fraction of sp³-hybridized carbons (Fsp3) is 0.217. The number of nitrogens with one attached hydrogen (secondary N) is 1. The lowest BCUT2D eigenvalue weighted by molar-refractivity contribution is -0.384. The molecule has 3 atom stereocenters. The summed E-state index contributed by atoms with van der Waals surface area (Å²) < 4.78 is 12.1. The van der Waals surface area contributed by atoms with Crippen LogP contribution in [0.2, 0.25) is 0 Å². The Kier molecular flexibility index (Phi) is 3.83. The average Bonchev–Trinajstić information content (AvgIpc) is 3.36. The topological polar surface area (TPSA) is 73.6 Å². The number of nitro groups is 1. The highest BCUT2D eigenvalue weighted by Gasteiger charge is 2.44. The van der Waals surface area contributed by atoms with E-state index >= 15 is 0 Å². The Labute approximate surface area is 181 Å². The van der Waals surface area contributed by atoms with Crippen molar-refractivity contribution in [1.29, 1.82) is 0 Å². The van der Waals surface area contributed by atoms with Crippen LogP contribution in [0.1, 0.15) is 34.2 Å². The van der Waals surface area contributed by atoms with Crippen molar-refractivity contribution in [3.05, 3.63) is 91.4 Å². The molecule has 30 heavy (non-hydrogen) atoms. The van der Waals surface area contributed by atoms with Gasteiger partial charge in [-0.3, -0.25) is 10.1 Å². The van der Waals surface area contributed by atoms with Gasteiger partial charge in [-0.15, -0.1) is 0 Å². The zero-order valence-corrected chi connectivity index (χ0v) is 17.4. The van der Waals surface area contributed by atoms with Gasteiger partial charge in [0.1, 0.15) is 0 Å². The monoisotopic (exact) mass is 464 g/mol. The molecule has 0 saturated carbocycles. The molecule has 150 valence electrons. The van der Waals surface area contributed by atoms with Crippen LogP contribution >= 0.6 is 15.9 Å². The fourth-order valence-electron chi connectivity index (χ4n) is 5.14. The Bertz CT molecular complexity index is 1210. The number of fused-ring (bicyclic) bond motifs is 6. The summed E-state index contributed by atoms with van der Waals surface area (Å²) in [7, 11) is 0. The van der Waals surface area contributed by atoms with Crippen LogP contribution < -0.4 is 14.8 Å². The molecule has 0 spiro atoms. The summed E-state index contributed by atoms with van der Waals surface area (Å²) in [4.78, 5) is 11.1. The lowest BCUT2D eigenvalue weighted by Crippen LogP contribution is -2.30. The number of nitrogens with zero attached hydrogens (tertiary/aromatic N) is 1. The smallest absolute Gasteiger partial charge is 0.269 e. The highest BCUT2D eigenvalue weighted by atomic mass is 79.9. The van der Waals surface area contributed by atoms with Gasteiger partial charge in [-0.25, -0.2) is 0 Å². The Hall–Kier alpha value is -3.06. The van der Waals surface area contributed by atoms with E-state index in [1.165, 1.54) is 11.1 Å². The Morgan fingerprint density at radius 2 is 1.80 bits per heavy atom. The van der Waals surface area contributed by atoms with E-state index in [0.717, 1.165) is 39.2 Å². The molecule has 1 N–H and O–H groups in total. The van der Waals surface area contributed by atoms with Crippen molar-refractivity contribution in [3.63, 3.8) is 0 Å². The number of halogens is 1. The molecule has 0 amide bonds. The second-order valence-corrected chi connectivity index (χ2v) is 8.78. The first kappa shape index (κ1) is 17.8. The molecule has 0 radical (unpaired) electrons. The number of benzene rings is 3. The van der Waals surface area contributed by atoms with Crippen LogP contribution in [0.3, 0.4) is 0 Å². The number of non-ortho nitro benzene ring substituents is 1. The fourth-order valence-corrected chi connectivity index (χ4v) is 5.71. The molecule has 0 unspecified atom stereocenters. The molecule has 0 fully saturated rings. The highest BCUT2D eigenvalue weighted by molar-refractivity contribution is 9.10. The van der Waals surface area contributed by atoms with Crippen molar-refractivity contribution in [2.75, 3.05) is 12.1 Å². The van der Waals surface area contributed by atoms with Gasteiger partial charge in [0.15, 0.2) is 11.5 Å². The van der Waals surface area contributed by atoms with Crippen LogP contribution in [0.4, 0.5) is 11.4 Å². The van der Waals surface area contributed by atoms with E-state index in [1.807, 2.05) is 24.3 Å². The van der Waals surface area contributed by atoms with Gasteiger partial charge in [-0.05, 0) is 52.8 Å². The van der Waals surface area contributed by atoms with Crippen LogP contribution in [-0.2, 0) is 6.42 Å². The summed E-state index contributed by atoms with van der Waals surface area (Å²) in [5.41, 5.74) is 5.72. The van der Waals surface area contributed by atoms with E-state index in [1.54, 1.807) is 12.1 Å². The molecule has 3 aromatic carbocycles. The van der Waals surface area contributed by atoms with Crippen LogP contribution in [0.5, 0.6) is 11.5 Å². The average molecular weight is 465 g/mol. The zero-order valence-electron chi connectivity index (χ0n) is 15.8. The van der Waals surface area contributed by atoms with Gasteiger partial charge in [0, 0.05) is 28.2 Å². The summed E-state index contributed by atoms with van der Waals surface area (Å²) in [6, 6.07) is 17.6. The van der Waals surface area contributed by atoms with Gasteiger partial charge in [0.2, 0.25) is 6.79 Å². The molecule has 0 aromatic heterocycles. The third-order valence-corrected chi connectivity index (χ3v) is 7.11. The molecule has 2 aliphatic heterocycles. The molecular formula is C23H17BrN2O4. The van der Waals surface area contributed by atoms with E-state index in [4.69, 9.17) is 9.47 Å². The number of nitro benzene ring substituents is 1. The summed E-state index contributed by atoms with van der Waals surface area (Å²) in [5.74, 6) is 1.81. The minimum Gasteiger partial charge on any atom is -0.454 e. The minimum atomic E-state index is -0.323. The molecule has 7 heteroatoms. The molecule has 6 nitrogen and oxygen atoms in total. The van der Waals surface area contributed by atoms with Crippen LogP contribution in [0, 0.1) is 16.0 Å². The first-order valence-electron chi connectivity index (χ1n) is 9.82. The lowest BCUT2D eigenvalue weighted by Gasteiger charge is -2.38. The molecule has 0 saturated heterocycles. The standard InChI is InChI=1S/C23H17BrN2O4/c24-18-10-21-20(29-11-30-21)9-15(18)23-17-7-12-3-1-2-4-14(12)22(17)16-8-13(26(27)28)5-6-19(16)25-23/h1-6,8-10,17,22-23,25H,7,11H2/t17-,22+,23-/m1/s1. The quantitative estimate of drug-likeness (QED) is 0.397. The van der Waals surface area contributed by atoms with E-state index < -0.39 is 0 Å². The van der Waals surface area contributed by atoms with Crippen LogP contribution in [0.15, 0.2) is 59.1 Å². The van der Waals surface area contributed by atoms with E-state index in [-0.39, 0.29) is 35.3 Å². The van der Waals surface area contributed by atoms with Crippen molar-refractivity contribution in [3.8, 4) is 11.5 Å². The maximum absolute atomic E-state index is 11.4. The van der Waals surface area contributed by atoms with Crippen molar-refractivity contribution in [2.45, 2.75) is 18.4 Å². The maximum Gasteiger partial charge on any atom is 0.269 e. The second kappa shape index (κ2) is 6.47. The van der Waals surface area contributed by atoms with Gasteiger partial charge in [0.25, 0.3) is 5.69 Å². The van der Waals surface area contributed by atoms with Crippen molar-refractivity contribution in [1.82, 2.24) is 0 Å². The largest absolute Gasteiger partial charge is 0.454 e. The molecular weight excluding hydrogens is 448 g/mol. The van der Waals surface area contributed by atoms with Crippen molar-refractivity contribution >= 4 is 27.3 Å². The van der Waals surface area contributed by atoms with E-state index in [2.05, 4.69) is 39.4 Å². The summed E-state index contributed by atoms with van der Waals surface area (Å²) in [6.07, 6.45) is 0.904. The summed E-state index contributed by atoms with van der Waals surface area (Å²) in [6.45, 7) is 0.229. The highest BCUT2D eigenvalue weighted by Crippen LogP contribution is 2.55. The minimum absolute atomic E-state index is 0.0280. The number of ether oxygens (including phenoxy) is 2. The predicted octanol–water partition coefficient (Wildman–Crippen LogP) is 5.56. The van der Waals surface area contributed by atoms with Gasteiger partial charge in [0.05, 0.1) is 11.0 Å². The Morgan fingerprint density at radius 1 is 1.00 bits per heavy atom. The molecule has 0 bridgehead atoms. The van der Waals surface area contributed by atoms with Crippen molar-refractivity contribution < 1.29 is 14.4 Å². The SMILES string of the molecule is O=[N+]([O-])c1ccc2c(c1)[C@@H]1c3ccccc3C[C@H]1[C@@H](c1cc3c(cc1Br)OCO3)N2. The molecule has 2 heterocycles. The second-order valence-electron chi connectivity index (χ2n) is 7.92. The normalized spacial score (nSPS) is 22.6. The van der Waals surface area contributed by atoms with Crippen LogP contribution in [-0.4, -0.2) is 11.7 Å². The maximum atomic E-state index is 11.4. The first-order valence-corrected chi connectivity index (χ1v) is 10.6. The molecule has 1 aliphatic carbocycles. The van der Waals surface area contributed by atoms with Gasteiger partial charge in [-0.2, -0.15) is 0 Å². The third-order valence-electron chi connectivity index (χ3n) is 6.42. The van der Waals surface area contributed by atoms with Crippen molar-refractivity contribution in [2.24, 2.45) is 5.92 Å². The number of hydrogen-bond donors (Lipinski definition) is 1. The number of rotatable bonds is 2. The molecule has 3 aliphatic rings.